The Morgan fingerprint density at radius 3 is 0.636 bits per heavy atom. The molecule has 0 bridgehead atoms. The molecule has 0 aromatic rings. The van der Waals surface area contributed by atoms with E-state index in [1.165, 1.54) is 0 Å². The Morgan fingerprint density at radius 2 is 0.636 bits per heavy atom. The normalized spacial score (nSPS) is 15.3. The molecule has 11 heteroatoms. The summed E-state index contributed by atoms with van der Waals surface area (Å²) in [4.78, 5) is 0. The molecule has 0 N–H and O–H groups in total. The van der Waals surface area contributed by atoms with Gasteiger partial charge in [-0.3, -0.25) is 0 Å². The minimum atomic E-state index is -0.969. The van der Waals surface area contributed by atoms with Gasteiger partial charge in [-0.2, -0.15) is 0 Å². The van der Waals surface area contributed by atoms with Gasteiger partial charge in [-0.15, -0.1) is 43.6 Å². The second-order valence-corrected chi connectivity index (χ2v) is 128. The van der Waals surface area contributed by atoms with Crippen LogP contribution >= 0.6 is 174 Å². The van der Waals surface area contributed by atoms with Gasteiger partial charge in [0.1, 0.15) is 0 Å². The highest BCUT2D eigenvalue weighted by Gasteiger charge is 2.61. The van der Waals surface area contributed by atoms with Crippen molar-refractivity contribution in [3.05, 3.63) is 0 Å². The van der Waals surface area contributed by atoms with Crippen molar-refractivity contribution in [2.24, 2.45) is 0 Å². The molecule has 0 aliphatic heterocycles. The van der Waals surface area contributed by atoms with Crippen molar-refractivity contribution in [1.82, 2.24) is 0 Å². The molecule has 0 fully saturated rings. The third-order valence-corrected chi connectivity index (χ3v) is 225. The zero-order chi connectivity index (χ0) is 9.50. The summed E-state index contributed by atoms with van der Waals surface area (Å²) < 4.78 is -2.89. The van der Waals surface area contributed by atoms with E-state index < -0.39 is 2.26 Å². The first-order valence-corrected chi connectivity index (χ1v) is 34.9. The molecule has 0 saturated heterocycles. The van der Waals surface area contributed by atoms with Crippen molar-refractivity contribution >= 4 is 177 Å². The van der Waals surface area contributed by atoms with Crippen molar-refractivity contribution in [3.8, 4) is 0 Å². The van der Waals surface area contributed by atoms with Crippen molar-refractivity contribution in [2.45, 2.75) is 0 Å². The predicted molar refractivity (Wildman–Crippen MR) is 129 cm³/mol. The number of rotatable bonds is 2. The Hall–Kier alpha value is 6.49. The molecular formula is I8Si3. The SMILES string of the molecule is I[Si](I)(I)[Si](I)(I)[Si](I)(I)I. The minimum Gasteiger partial charge on any atom is -0.106 e. The zero-order valence-electron chi connectivity index (χ0n) is 4.52. The molecule has 0 saturated carbocycles. The molecule has 0 aliphatic carbocycles. The number of halogens is 8. The van der Waals surface area contributed by atoms with Crippen LogP contribution < -0.4 is 0 Å². The zero-order valence-corrected chi connectivity index (χ0v) is 24.8. The van der Waals surface area contributed by atoms with Gasteiger partial charge in [0.2, 0.25) is 2.10 Å². The summed E-state index contributed by atoms with van der Waals surface area (Å²) in [6.07, 6.45) is 0. The summed E-state index contributed by atoms with van der Waals surface area (Å²) >= 11 is 21.9. The highest BCUT2D eigenvalue weighted by atomic mass is 127. The van der Waals surface area contributed by atoms with Crippen molar-refractivity contribution < 1.29 is 0 Å². The van der Waals surface area contributed by atoms with Gasteiger partial charge in [0.05, 0.1) is 0 Å². The molecule has 0 atom stereocenters. The Bertz CT molecular complexity index is 120. The second-order valence-electron chi connectivity index (χ2n) is 1.57. The first-order valence-electron chi connectivity index (χ1n) is 2.01. The number of hydrogen-bond acceptors (Lipinski definition) is 0. The van der Waals surface area contributed by atoms with Crippen LogP contribution in [0.5, 0.6) is 0 Å². The van der Waals surface area contributed by atoms with E-state index in [9.17, 15) is 0 Å². The predicted octanol–water partition coefficient (Wildman–Crippen LogP) is 5.94. The highest BCUT2D eigenvalue weighted by molar-refractivity contribution is 14.4. The molecule has 68 valence electrons. The summed E-state index contributed by atoms with van der Waals surface area (Å²) in [7, 11) is 0. The molecule has 0 heterocycles. The van der Waals surface area contributed by atoms with E-state index in [2.05, 4.69) is 174 Å². The highest BCUT2D eigenvalue weighted by Crippen LogP contribution is 2.57. The van der Waals surface area contributed by atoms with Gasteiger partial charge < -0.3 is 0 Å². The second kappa shape index (κ2) is 6.60. The van der Waals surface area contributed by atoms with Crippen LogP contribution in [0.1, 0.15) is 0 Å². The van der Waals surface area contributed by atoms with E-state index in [1.807, 2.05) is 0 Å². The molecule has 11 heavy (non-hydrogen) atoms. The molecule has 0 aliphatic rings. The first-order chi connectivity index (χ1) is 4.50. The lowest BCUT2D eigenvalue weighted by molar-refractivity contribution is 4.09. The smallest absolute Gasteiger partial charge is 0.106 e. The Morgan fingerprint density at radius 1 is 0.455 bits per heavy atom. The van der Waals surface area contributed by atoms with Crippen LogP contribution in [0.25, 0.3) is 0 Å². The van der Waals surface area contributed by atoms with Crippen LogP contribution in [-0.4, -0.2) is 2.26 Å². The van der Waals surface area contributed by atoms with Crippen LogP contribution in [-0.2, 0) is 0 Å². The average molecular weight is 1100 g/mol. The molecule has 0 nitrogen and oxygen atoms in total. The first kappa shape index (κ1) is 17.5. The lowest BCUT2D eigenvalue weighted by Crippen LogP contribution is -2.53. The van der Waals surface area contributed by atoms with E-state index in [1.54, 1.807) is 0 Å². The molecule has 0 aromatic heterocycles. The van der Waals surface area contributed by atoms with Gasteiger partial charge in [0.15, 0.2) is 0 Å². The van der Waals surface area contributed by atoms with Crippen molar-refractivity contribution in [3.63, 3.8) is 0 Å². The van der Waals surface area contributed by atoms with Crippen molar-refractivity contribution in [1.29, 1.82) is 0 Å². The minimum absolute atomic E-state index is 0.959. The quantitative estimate of drug-likeness (QED) is 0.183. The van der Waals surface area contributed by atoms with E-state index in [0.717, 1.165) is 0 Å². The fourth-order valence-corrected chi connectivity index (χ4v) is 195. The van der Waals surface area contributed by atoms with Crippen LogP contribution in [0, 0.1) is 0 Å². The van der Waals surface area contributed by atoms with E-state index in [4.69, 9.17) is 0 Å². The lowest BCUT2D eigenvalue weighted by atomic mass is 26.6. The maximum Gasteiger partial charge on any atom is 0.264 e. The van der Waals surface area contributed by atoms with Gasteiger partial charge in [-0.05, 0) is 0 Å². The Balaban J connectivity index is 4.75. The van der Waals surface area contributed by atoms with Crippen LogP contribution in [0.4, 0.5) is 0 Å². The summed E-state index contributed by atoms with van der Waals surface area (Å²) in [5.74, 6) is 0. The van der Waals surface area contributed by atoms with E-state index in [-0.39, 0.29) is 0 Å². The van der Waals surface area contributed by atoms with Crippen LogP contribution in [0.3, 0.4) is 0 Å². The van der Waals surface area contributed by atoms with E-state index in [0.29, 0.717) is 0 Å². The molecule has 0 radical (unpaired) electrons. The van der Waals surface area contributed by atoms with E-state index >= 15 is 0 Å². The van der Waals surface area contributed by atoms with Crippen LogP contribution in [0.15, 0.2) is 0 Å². The summed E-state index contributed by atoms with van der Waals surface area (Å²) in [6.45, 7) is 0. The van der Waals surface area contributed by atoms with Crippen molar-refractivity contribution in [2.75, 3.05) is 0 Å². The molecule has 0 spiro atoms. The van der Waals surface area contributed by atoms with Crippen LogP contribution in [0.2, 0.25) is 0 Å². The molecular weight excluding hydrogens is 1100 g/mol. The summed E-state index contributed by atoms with van der Waals surface area (Å²) in [5.41, 5.74) is 0. The fraction of sp³-hybridized carbons (Fsp3) is 0. The Labute approximate surface area is 171 Å². The third kappa shape index (κ3) is 5.77. The molecule has 0 rings (SSSR count). The fourth-order valence-electron chi connectivity index (χ4n) is 0.161. The Kier molecular flexibility index (Phi) is 10.5. The van der Waals surface area contributed by atoms with Gasteiger partial charge in [-0.1, -0.05) is 131 Å². The monoisotopic (exact) mass is 1100 g/mol. The molecule has 0 aromatic carbocycles. The third-order valence-electron chi connectivity index (χ3n) is 0.712. The van der Waals surface area contributed by atoms with Gasteiger partial charge >= 0.3 is 0 Å². The maximum atomic E-state index is 2.79. The lowest BCUT2D eigenvalue weighted by Gasteiger charge is -2.31. The van der Waals surface area contributed by atoms with Gasteiger partial charge in [0.25, 0.3) is 0.163 Å². The number of hydrogen-bond donors (Lipinski definition) is 0. The standard InChI is InChI=1S/I8Si3/c1-9(2,3)11(7,8)10(4,5)6. The maximum absolute atomic E-state index is 2.79. The molecule has 0 unspecified atom stereocenters. The van der Waals surface area contributed by atoms with Gasteiger partial charge in [-0.25, -0.2) is 0 Å². The molecule has 0 amide bonds. The van der Waals surface area contributed by atoms with Gasteiger partial charge in [0, 0.05) is 0 Å². The summed E-state index contributed by atoms with van der Waals surface area (Å²) in [5, 5.41) is 0. The average Bonchev–Trinajstić information content (AvgIpc) is 1.58. The largest absolute Gasteiger partial charge is 0.264 e. The summed E-state index contributed by atoms with van der Waals surface area (Å²) in [6, 6.07) is 0. The topological polar surface area (TPSA) is 0 Å².